The average Bonchev–Trinajstić information content (AvgIpc) is 3.38. The van der Waals surface area contributed by atoms with Gasteiger partial charge in [0.25, 0.3) is 0 Å². The molecule has 1 saturated carbocycles. The van der Waals surface area contributed by atoms with Crippen molar-refractivity contribution < 1.29 is 18.8 Å². The molecule has 190 valence electrons. The van der Waals surface area contributed by atoms with Crippen LogP contribution < -0.4 is 16.0 Å². The predicted octanol–water partition coefficient (Wildman–Crippen LogP) is 2.82. The first-order valence-electron chi connectivity index (χ1n) is 12.2. The van der Waals surface area contributed by atoms with Gasteiger partial charge in [-0.15, -0.1) is 0 Å². The lowest BCUT2D eigenvalue weighted by molar-refractivity contribution is -0.123. The Kier molecular flexibility index (Phi) is 6.38. The maximum absolute atomic E-state index is 14.5. The predicted molar refractivity (Wildman–Crippen MR) is 134 cm³/mol. The largest absolute Gasteiger partial charge is 0.358 e. The summed E-state index contributed by atoms with van der Waals surface area (Å²) in [6.07, 6.45) is 1.66. The zero-order valence-corrected chi connectivity index (χ0v) is 20.8. The van der Waals surface area contributed by atoms with Crippen LogP contribution in [0.5, 0.6) is 0 Å². The highest BCUT2D eigenvalue weighted by Gasteiger charge is 2.65. The van der Waals surface area contributed by atoms with Crippen LogP contribution in [0.1, 0.15) is 30.4 Å². The SMILES string of the molecule is CNC(=O)CN1CCN(C(=O)N[C@]2(c3cccc(F)c3)CCC[C@]23C(=O)Nc2cc(Cl)ccc23)CC1. The summed E-state index contributed by atoms with van der Waals surface area (Å²) < 4.78 is 14.5. The van der Waals surface area contributed by atoms with E-state index in [1.165, 1.54) is 12.1 Å². The number of amides is 4. The molecule has 4 amide bonds. The topological polar surface area (TPSA) is 93.8 Å². The fourth-order valence-corrected chi connectivity index (χ4v) is 6.27. The van der Waals surface area contributed by atoms with Gasteiger partial charge in [0.15, 0.2) is 0 Å². The number of carbonyl (C=O) groups excluding carboxylic acids is 3. The first-order valence-corrected chi connectivity index (χ1v) is 12.5. The van der Waals surface area contributed by atoms with Gasteiger partial charge < -0.3 is 20.9 Å². The summed E-state index contributed by atoms with van der Waals surface area (Å²) in [5.41, 5.74) is -0.308. The third kappa shape index (κ3) is 3.90. The molecule has 1 aliphatic carbocycles. The molecule has 2 aliphatic heterocycles. The number of nitrogens with one attached hydrogen (secondary N) is 3. The summed E-state index contributed by atoms with van der Waals surface area (Å²) in [6, 6.07) is 11.1. The van der Waals surface area contributed by atoms with Crippen LogP contribution in [0, 0.1) is 5.82 Å². The number of carbonyl (C=O) groups is 3. The van der Waals surface area contributed by atoms with Gasteiger partial charge in [0.05, 0.1) is 12.1 Å². The smallest absolute Gasteiger partial charge is 0.318 e. The normalized spacial score (nSPS) is 25.5. The third-order valence-electron chi connectivity index (χ3n) is 7.85. The molecule has 2 aromatic rings. The summed E-state index contributed by atoms with van der Waals surface area (Å²) in [5, 5.41) is 9.30. The molecule has 0 unspecified atom stereocenters. The summed E-state index contributed by atoms with van der Waals surface area (Å²) >= 11 is 6.21. The Morgan fingerprint density at radius 1 is 1.11 bits per heavy atom. The maximum atomic E-state index is 14.5. The van der Waals surface area contributed by atoms with Crippen molar-refractivity contribution in [2.75, 3.05) is 45.1 Å². The van der Waals surface area contributed by atoms with Crippen molar-refractivity contribution in [2.45, 2.75) is 30.2 Å². The molecule has 0 radical (unpaired) electrons. The van der Waals surface area contributed by atoms with Crippen LogP contribution in [0.4, 0.5) is 14.9 Å². The second-order valence-corrected chi connectivity index (χ2v) is 10.1. The molecule has 8 nitrogen and oxygen atoms in total. The molecule has 3 aliphatic rings. The molecular weight excluding hydrogens is 485 g/mol. The Hall–Kier alpha value is -3.17. The number of halogens is 2. The van der Waals surface area contributed by atoms with Crippen LogP contribution in [0.2, 0.25) is 5.02 Å². The molecular formula is C26H29ClFN5O3. The first-order chi connectivity index (χ1) is 17.3. The quantitative estimate of drug-likeness (QED) is 0.586. The molecule has 0 bridgehead atoms. The van der Waals surface area contributed by atoms with Crippen molar-refractivity contribution in [2.24, 2.45) is 0 Å². The molecule has 2 atom stereocenters. The highest BCUT2D eigenvalue weighted by Crippen LogP contribution is 2.59. The number of rotatable bonds is 4. The summed E-state index contributed by atoms with van der Waals surface area (Å²) in [5.74, 6) is -0.727. The Morgan fingerprint density at radius 3 is 2.61 bits per heavy atom. The van der Waals surface area contributed by atoms with Gasteiger partial charge in [-0.3, -0.25) is 14.5 Å². The molecule has 2 aromatic carbocycles. The van der Waals surface area contributed by atoms with Crippen molar-refractivity contribution in [3.05, 3.63) is 64.4 Å². The number of nitrogens with zero attached hydrogens (tertiary/aromatic N) is 2. The Balaban J connectivity index is 1.50. The highest BCUT2D eigenvalue weighted by atomic mass is 35.5. The number of likely N-dealkylation sites (N-methyl/N-ethyl adjacent to an activating group) is 1. The summed E-state index contributed by atoms with van der Waals surface area (Å²) in [4.78, 5) is 42.8. The van der Waals surface area contributed by atoms with E-state index in [0.717, 1.165) is 5.56 Å². The number of fused-ring (bicyclic) bond motifs is 2. The molecule has 36 heavy (non-hydrogen) atoms. The lowest BCUT2D eigenvalue weighted by Gasteiger charge is -2.45. The van der Waals surface area contributed by atoms with E-state index in [1.807, 2.05) is 11.0 Å². The van der Waals surface area contributed by atoms with E-state index in [-0.39, 0.29) is 24.4 Å². The van der Waals surface area contributed by atoms with E-state index >= 15 is 0 Å². The van der Waals surface area contributed by atoms with Crippen molar-refractivity contribution in [3.63, 3.8) is 0 Å². The lowest BCUT2D eigenvalue weighted by Crippen LogP contribution is -2.63. The zero-order chi connectivity index (χ0) is 25.5. The fraction of sp³-hybridized carbons (Fsp3) is 0.423. The second-order valence-electron chi connectivity index (χ2n) is 9.69. The van der Waals surface area contributed by atoms with Crippen LogP contribution >= 0.6 is 11.6 Å². The zero-order valence-electron chi connectivity index (χ0n) is 20.1. The van der Waals surface area contributed by atoms with E-state index < -0.39 is 16.8 Å². The van der Waals surface area contributed by atoms with Crippen LogP contribution in [-0.2, 0) is 20.5 Å². The van der Waals surface area contributed by atoms with Gasteiger partial charge >= 0.3 is 6.03 Å². The van der Waals surface area contributed by atoms with E-state index in [4.69, 9.17) is 11.6 Å². The van der Waals surface area contributed by atoms with Crippen molar-refractivity contribution in [1.82, 2.24) is 20.4 Å². The Bertz CT molecular complexity index is 1220. The second kappa shape index (κ2) is 9.37. The molecule has 10 heteroatoms. The Labute approximate surface area is 214 Å². The van der Waals surface area contributed by atoms with E-state index in [2.05, 4.69) is 16.0 Å². The van der Waals surface area contributed by atoms with Gasteiger partial charge in [-0.05, 0) is 54.7 Å². The third-order valence-corrected chi connectivity index (χ3v) is 8.09. The minimum Gasteiger partial charge on any atom is -0.358 e. The molecule has 2 heterocycles. The van der Waals surface area contributed by atoms with Gasteiger partial charge in [-0.25, -0.2) is 9.18 Å². The monoisotopic (exact) mass is 513 g/mol. The van der Waals surface area contributed by atoms with Crippen molar-refractivity contribution in [1.29, 1.82) is 0 Å². The van der Waals surface area contributed by atoms with Gasteiger partial charge in [-0.1, -0.05) is 29.8 Å². The van der Waals surface area contributed by atoms with Crippen LogP contribution in [0.3, 0.4) is 0 Å². The summed E-state index contributed by atoms with van der Waals surface area (Å²) in [6.45, 7) is 2.27. The standard InChI is InChI=1S/C26H29ClFN5O3/c1-29-22(34)16-32-10-12-33(13-11-32)24(36)31-26(17-4-2-5-19(28)14-17)9-3-8-25(26)20-7-6-18(27)15-21(20)30-23(25)35/h2,4-7,14-15H,3,8-13,16H2,1H3,(H,29,34)(H,30,35)(H,31,36)/t25-,26-/m0/s1. The average molecular weight is 514 g/mol. The maximum Gasteiger partial charge on any atom is 0.318 e. The number of piperazine rings is 1. The molecule has 2 fully saturated rings. The Morgan fingerprint density at radius 2 is 1.89 bits per heavy atom. The molecule has 1 saturated heterocycles. The van der Waals surface area contributed by atoms with Crippen molar-refractivity contribution >= 4 is 35.1 Å². The molecule has 3 N–H and O–H groups in total. The van der Waals surface area contributed by atoms with Gasteiger partial charge in [0.2, 0.25) is 11.8 Å². The number of benzene rings is 2. The van der Waals surface area contributed by atoms with Gasteiger partial charge in [-0.2, -0.15) is 0 Å². The van der Waals surface area contributed by atoms with E-state index in [1.54, 1.807) is 36.2 Å². The highest BCUT2D eigenvalue weighted by molar-refractivity contribution is 6.31. The number of anilines is 1. The van der Waals surface area contributed by atoms with E-state index in [9.17, 15) is 18.8 Å². The van der Waals surface area contributed by atoms with Crippen LogP contribution in [0.15, 0.2) is 42.5 Å². The van der Waals surface area contributed by atoms with Crippen LogP contribution in [0.25, 0.3) is 0 Å². The first kappa shape index (κ1) is 24.5. The van der Waals surface area contributed by atoms with Gasteiger partial charge in [0.1, 0.15) is 11.2 Å². The molecule has 0 aromatic heterocycles. The number of urea groups is 1. The number of hydrogen-bond acceptors (Lipinski definition) is 4. The molecule has 5 rings (SSSR count). The minimum atomic E-state index is -1.14. The van der Waals surface area contributed by atoms with E-state index in [0.29, 0.717) is 61.7 Å². The summed E-state index contributed by atoms with van der Waals surface area (Å²) in [7, 11) is 1.60. The van der Waals surface area contributed by atoms with Gasteiger partial charge in [0, 0.05) is 43.9 Å². The lowest BCUT2D eigenvalue weighted by atomic mass is 9.64. The molecule has 1 spiro atoms. The van der Waals surface area contributed by atoms with Crippen molar-refractivity contribution in [3.8, 4) is 0 Å². The fourth-order valence-electron chi connectivity index (χ4n) is 6.10. The van der Waals surface area contributed by atoms with Crippen LogP contribution in [-0.4, -0.2) is 67.4 Å². The number of hydrogen-bond donors (Lipinski definition) is 3. The minimum absolute atomic E-state index is 0.0723.